The van der Waals surface area contributed by atoms with Crippen molar-refractivity contribution in [3.05, 3.63) is 0 Å². The Labute approximate surface area is 59.1 Å². The molecule has 1 heterocycles. The van der Waals surface area contributed by atoms with E-state index in [0.29, 0.717) is 6.61 Å². The SMILES string of the molecule is COCC1OC1C(=O)OC. The van der Waals surface area contributed by atoms with E-state index in [1.807, 2.05) is 0 Å². The van der Waals surface area contributed by atoms with Crippen LogP contribution in [0.25, 0.3) is 0 Å². The van der Waals surface area contributed by atoms with Crippen LogP contribution in [0.4, 0.5) is 0 Å². The zero-order valence-corrected chi connectivity index (χ0v) is 5.99. The number of ether oxygens (including phenoxy) is 3. The summed E-state index contributed by atoms with van der Waals surface area (Å²) >= 11 is 0. The van der Waals surface area contributed by atoms with Gasteiger partial charge < -0.3 is 14.2 Å². The zero-order chi connectivity index (χ0) is 7.56. The summed E-state index contributed by atoms with van der Waals surface area (Å²) in [4.78, 5) is 10.7. The Kier molecular flexibility index (Phi) is 2.24. The van der Waals surface area contributed by atoms with Gasteiger partial charge in [-0.1, -0.05) is 0 Å². The van der Waals surface area contributed by atoms with Gasteiger partial charge in [-0.25, -0.2) is 4.79 Å². The molecule has 58 valence electrons. The molecule has 10 heavy (non-hydrogen) atoms. The van der Waals surface area contributed by atoms with Crippen LogP contribution in [-0.4, -0.2) is 39.0 Å². The molecule has 0 aromatic rings. The Balaban J connectivity index is 2.18. The lowest BCUT2D eigenvalue weighted by Gasteiger charge is -1.91. The second-order valence-electron chi connectivity index (χ2n) is 2.07. The van der Waals surface area contributed by atoms with Crippen LogP contribution in [0.15, 0.2) is 0 Å². The molecular weight excluding hydrogens is 136 g/mol. The van der Waals surface area contributed by atoms with Crippen LogP contribution in [0.1, 0.15) is 0 Å². The van der Waals surface area contributed by atoms with Crippen LogP contribution in [0.5, 0.6) is 0 Å². The smallest absolute Gasteiger partial charge is 0.337 e. The number of hydrogen-bond acceptors (Lipinski definition) is 4. The molecule has 1 fully saturated rings. The van der Waals surface area contributed by atoms with Crippen molar-refractivity contribution in [3.8, 4) is 0 Å². The van der Waals surface area contributed by atoms with E-state index in [-0.39, 0.29) is 18.2 Å². The van der Waals surface area contributed by atoms with E-state index in [1.54, 1.807) is 7.11 Å². The predicted octanol–water partition coefficient (Wildman–Crippen LogP) is -0.427. The van der Waals surface area contributed by atoms with Crippen molar-refractivity contribution in [1.29, 1.82) is 0 Å². The van der Waals surface area contributed by atoms with Gasteiger partial charge in [-0.15, -0.1) is 0 Å². The number of rotatable bonds is 3. The highest BCUT2D eigenvalue weighted by atomic mass is 16.6. The molecule has 0 radical (unpaired) electrons. The minimum atomic E-state index is -0.384. The molecule has 1 rings (SSSR count). The largest absolute Gasteiger partial charge is 0.467 e. The fourth-order valence-corrected chi connectivity index (χ4v) is 0.757. The van der Waals surface area contributed by atoms with E-state index in [0.717, 1.165) is 0 Å². The lowest BCUT2D eigenvalue weighted by Crippen LogP contribution is -2.13. The molecule has 0 amide bonds. The van der Waals surface area contributed by atoms with Crippen molar-refractivity contribution in [2.75, 3.05) is 20.8 Å². The van der Waals surface area contributed by atoms with Crippen molar-refractivity contribution < 1.29 is 19.0 Å². The van der Waals surface area contributed by atoms with Crippen molar-refractivity contribution in [1.82, 2.24) is 0 Å². The third-order valence-electron chi connectivity index (χ3n) is 1.35. The van der Waals surface area contributed by atoms with Gasteiger partial charge >= 0.3 is 5.97 Å². The molecule has 0 aromatic heterocycles. The van der Waals surface area contributed by atoms with Gasteiger partial charge in [0.1, 0.15) is 6.10 Å². The maximum Gasteiger partial charge on any atom is 0.337 e. The van der Waals surface area contributed by atoms with Crippen LogP contribution in [0.2, 0.25) is 0 Å². The quantitative estimate of drug-likeness (QED) is 0.400. The first-order valence-electron chi connectivity index (χ1n) is 3.02. The number of epoxide rings is 1. The first-order chi connectivity index (χ1) is 4.79. The summed E-state index contributed by atoms with van der Waals surface area (Å²) in [7, 11) is 2.91. The van der Waals surface area contributed by atoms with Gasteiger partial charge in [0.25, 0.3) is 0 Å². The third-order valence-corrected chi connectivity index (χ3v) is 1.35. The Hall–Kier alpha value is -0.610. The maximum absolute atomic E-state index is 10.7. The van der Waals surface area contributed by atoms with Gasteiger partial charge in [0, 0.05) is 7.11 Å². The molecule has 0 aliphatic carbocycles. The lowest BCUT2D eigenvalue weighted by atomic mass is 10.3. The molecule has 0 aromatic carbocycles. The van der Waals surface area contributed by atoms with Gasteiger partial charge in [-0.3, -0.25) is 0 Å². The van der Waals surface area contributed by atoms with Gasteiger partial charge in [-0.05, 0) is 0 Å². The standard InChI is InChI=1S/C6H10O4/c1-8-3-4-5(10-4)6(7)9-2/h4-5H,3H2,1-2H3. The van der Waals surface area contributed by atoms with E-state index >= 15 is 0 Å². The summed E-state index contributed by atoms with van der Waals surface area (Å²) in [5.74, 6) is -0.318. The summed E-state index contributed by atoms with van der Waals surface area (Å²) in [5.41, 5.74) is 0. The Morgan fingerprint density at radius 2 is 2.30 bits per heavy atom. The number of carbonyl (C=O) groups excluding carboxylic acids is 1. The van der Waals surface area contributed by atoms with Crippen molar-refractivity contribution in [2.45, 2.75) is 12.2 Å². The number of hydrogen-bond donors (Lipinski definition) is 0. The van der Waals surface area contributed by atoms with Gasteiger partial charge in [-0.2, -0.15) is 0 Å². The Bertz CT molecular complexity index is 134. The van der Waals surface area contributed by atoms with E-state index in [2.05, 4.69) is 4.74 Å². The van der Waals surface area contributed by atoms with Crippen molar-refractivity contribution >= 4 is 5.97 Å². The van der Waals surface area contributed by atoms with E-state index < -0.39 is 0 Å². The maximum atomic E-state index is 10.7. The first-order valence-corrected chi connectivity index (χ1v) is 3.02. The molecular formula is C6H10O4. The predicted molar refractivity (Wildman–Crippen MR) is 32.6 cm³/mol. The molecule has 0 bridgehead atoms. The summed E-state index contributed by atoms with van der Waals surface area (Å²) in [6.45, 7) is 0.458. The van der Waals surface area contributed by atoms with Gasteiger partial charge in [0.2, 0.25) is 0 Å². The molecule has 0 N–H and O–H groups in total. The van der Waals surface area contributed by atoms with Crippen LogP contribution in [0.3, 0.4) is 0 Å². The highest BCUT2D eigenvalue weighted by Gasteiger charge is 2.45. The molecule has 2 atom stereocenters. The van der Waals surface area contributed by atoms with Crippen molar-refractivity contribution in [2.24, 2.45) is 0 Å². The van der Waals surface area contributed by atoms with Gasteiger partial charge in [0.05, 0.1) is 13.7 Å². The second-order valence-corrected chi connectivity index (χ2v) is 2.07. The molecule has 1 aliphatic rings. The Morgan fingerprint density at radius 3 is 2.80 bits per heavy atom. The second kappa shape index (κ2) is 2.98. The summed E-state index contributed by atoms with van der Waals surface area (Å²) in [6, 6.07) is 0. The van der Waals surface area contributed by atoms with Gasteiger partial charge in [0.15, 0.2) is 6.10 Å². The lowest BCUT2D eigenvalue weighted by molar-refractivity contribution is -0.142. The summed E-state index contributed by atoms with van der Waals surface area (Å²) in [5, 5.41) is 0. The first kappa shape index (κ1) is 7.50. The number of methoxy groups -OCH3 is 2. The molecule has 0 spiro atoms. The summed E-state index contributed by atoms with van der Waals surface area (Å²) < 4.78 is 14.1. The van der Waals surface area contributed by atoms with Crippen molar-refractivity contribution in [3.63, 3.8) is 0 Å². The fourth-order valence-electron chi connectivity index (χ4n) is 0.757. The van der Waals surface area contributed by atoms with Crippen LogP contribution < -0.4 is 0 Å². The number of carbonyl (C=O) groups is 1. The molecule has 2 unspecified atom stereocenters. The molecule has 0 saturated carbocycles. The number of esters is 1. The zero-order valence-electron chi connectivity index (χ0n) is 5.99. The molecule has 1 saturated heterocycles. The fraction of sp³-hybridized carbons (Fsp3) is 0.833. The van der Waals surface area contributed by atoms with Crippen LogP contribution >= 0.6 is 0 Å². The Morgan fingerprint density at radius 1 is 1.60 bits per heavy atom. The van der Waals surface area contributed by atoms with Crippen LogP contribution in [-0.2, 0) is 19.0 Å². The average Bonchev–Trinajstić information content (AvgIpc) is 2.67. The molecule has 4 heteroatoms. The van der Waals surface area contributed by atoms with E-state index in [4.69, 9.17) is 9.47 Å². The monoisotopic (exact) mass is 146 g/mol. The van der Waals surface area contributed by atoms with Crippen LogP contribution in [0, 0.1) is 0 Å². The molecule has 4 nitrogen and oxygen atoms in total. The minimum absolute atomic E-state index is 0.0857. The minimum Gasteiger partial charge on any atom is -0.467 e. The molecule has 1 aliphatic heterocycles. The topological polar surface area (TPSA) is 48.1 Å². The summed E-state index contributed by atoms with van der Waals surface area (Å²) in [6.07, 6.45) is -0.470. The normalized spacial score (nSPS) is 29.8. The highest BCUT2D eigenvalue weighted by Crippen LogP contribution is 2.22. The third kappa shape index (κ3) is 1.46. The van der Waals surface area contributed by atoms with E-state index in [1.165, 1.54) is 7.11 Å². The average molecular weight is 146 g/mol. The highest BCUT2D eigenvalue weighted by molar-refractivity contribution is 5.77. The van der Waals surface area contributed by atoms with E-state index in [9.17, 15) is 4.79 Å².